The van der Waals surface area contributed by atoms with Crippen LogP contribution < -0.4 is 0 Å². The van der Waals surface area contributed by atoms with Gasteiger partial charge in [0, 0.05) is 12.8 Å². The number of esters is 2. The molecule has 0 radical (unpaired) electrons. The molecular formula is C45H74O17P2. The molecule has 1 rings (SSSR count). The van der Waals surface area contributed by atoms with E-state index in [0.717, 1.165) is 64.2 Å². The van der Waals surface area contributed by atoms with Gasteiger partial charge in [-0.05, 0) is 70.6 Å². The fraction of sp³-hybridized carbons (Fsp3) is 0.644. The van der Waals surface area contributed by atoms with Gasteiger partial charge in [0.05, 0.1) is 12.7 Å². The second-order valence-electron chi connectivity index (χ2n) is 15.2. The van der Waals surface area contributed by atoms with Crippen molar-refractivity contribution in [3.05, 3.63) is 85.1 Å². The number of hydrogen-bond acceptors (Lipinski definition) is 14. The first-order valence-corrected chi connectivity index (χ1v) is 25.3. The maximum atomic E-state index is 13.0. The van der Waals surface area contributed by atoms with Crippen molar-refractivity contribution in [1.82, 2.24) is 0 Å². The van der Waals surface area contributed by atoms with Gasteiger partial charge in [0.15, 0.2) is 6.10 Å². The molecule has 0 heterocycles. The minimum Gasteiger partial charge on any atom is -0.462 e. The van der Waals surface area contributed by atoms with Gasteiger partial charge in [0.25, 0.3) is 0 Å². The van der Waals surface area contributed by atoms with Gasteiger partial charge in [0.2, 0.25) is 0 Å². The van der Waals surface area contributed by atoms with Crippen LogP contribution in [0.25, 0.3) is 0 Å². The number of phosphoric acid groups is 2. The van der Waals surface area contributed by atoms with Crippen molar-refractivity contribution in [3.63, 3.8) is 0 Å². The van der Waals surface area contributed by atoms with E-state index < -0.39 is 89.6 Å². The molecule has 1 saturated carbocycles. The molecule has 0 aliphatic heterocycles. The molecule has 0 saturated heterocycles. The first-order valence-electron chi connectivity index (χ1n) is 22.2. The van der Waals surface area contributed by atoms with E-state index in [9.17, 15) is 49.1 Å². The van der Waals surface area contributed by atoms with Gasteiger partial charge in [0.1, 0.15) is 43.2 Å². The summed E-state index contributed by atoms with van der Waals surface area (Å²) in [6.07, 6.45) is 25.1. The van der Waals surface area contributed by atoms with E-state index >= 15 is 0 Å². The summed E-state index contributed by atoms with van der Waals surface area (Å²) in [6, 6.07) is 0. The number of unbranched alkanes of at least 4 members (excludes halogenated alkanes) is 7. The van der Waals surface area contributed by atoms with Crippen LogP contribution in [0.15, 0.2) is 85.1 Å². The van der Waals surface area contributed by atoms with E-state index in [1.807, 2.05) is 49.5 Å². The molecule has 8 N–H and O–H groups in total. The smallest absolute Gasteiger partial charge is 0.462 e. The van der Waals surface area contributed by atoms with Gasteiger partial charge in [-0.1, -0.05) is 125 Å². The quantitative estimate of drug-likeness (QED) is 0.0107. The van der Waals surface area contributed by atoms with Gasteiger partial charge in [-0.3, -0.25) is 23.2 Å². The molecule has 0 aromatic heterocycles. The van der Waals surface area contributed by atoms with E-state index in [-0.39, 0.29) is 12.8 Å². The molecule has 64 heavy (non-hydrogen) atoms. The van der Waals surface area contributed by atoms with E-state index in [1.54, 1.807) is 6.08 Å². The Bertz CT molecular complexity index is 1590. The summed E-state index contributed by atoms with van der Waals surface area (Å²) in [5, 5.41) is 50.6. The lowest BCUT2D eigenvalue weighted by Crippen LogP contribution is -2.64. The molecular weight excluding hydrogens is 874 g/mol. The molecule has 5 unspecified atom stereocenters. The molecule has 19 heteroatoms. The van der Waals surface area contributed by atoms with E-state index in [2.05, 4.69) is 47.9 Å². The number of carbonyl (C=O) groups excluding carboxylic acids is 2. The summed E-state index contributed by atoms with van der Waals surface area (Å²) in [4.78, 5) is 54.1. The predicted molar refractivity (Wildman–Crippen MR) is 242 cm³/mol. The zero-order valence-electron chi connectivity index (χ0n) is 37.3. The summed E-state index contributed by atoms with van der Waals surface area (Å²) in [7, 11) is -10.7. The molecule has 0 spiro atoms. The van der Waals surface area contributed by atoms with Crippen molar-refractivity contribution < 1.29 is 82.0 Å². The Kier molecular flexibility index (Phi) is 32.7. The summed E-state index contributed by atoms with van der Waals surface area (Å²) < 4.78 is 49.2. The highest BCUT2D eigenvalue weighted by atomic mass is 31.2. The SMILES string of the molecule is CCC/C=C\C/C=C\CCCCCCCC(=O)O[C@H](COC(=O)CCC/C=C\C/C=C\C/C=C\C/C=C\C=C\[C@@H](O)CC)COP(=O)(O)O[C@H]1C(O)C(O)C(O)[C@@H](OP(=O)(O)O)C1O. The van der Waals surface area contributed by atoms with Gasteiger partial charge < -0.3 is 49.7 Å². The number of phosphoric ester groups is 2. The minimum atomic E-state index is -5.38. The van der Waals surface area contributed by atoms with Crippen LogP contribution in [0.1, 0.15) is 123 Å². The van der Waals surface area contributed by atoms with Gasteiger partial charge in [-0.15, -0.1) is 0 Å². The number of ether oxygens (including phenoxy) is 2. The molecule has 366 valence electrons. The first-order chi connectivity index (χ1) is 30.5. The summed E-state index contributed by atoms with van der Waals surface area (Å²) >= 11 is 0. The van der Waals surface area contributed by atoms with Crippen molar-refractivity contribution in [3.8, 4) is 0 Å². The average molecular weight is 949 g/mol. The molecule has 0 aromatic rings. The topological polar surface area (TPSA) is 276 Å². The molecule has 1 fully saturated rings. The van der Waals surface area contributed by atoms with Crippen LogP contribution in [0.4, 0.5) is 0 Å². The van der Waals surface area contributed by atoms with Crippen LogP contribution in [0.2, 0.25) is 0 Å². The average Bonchev–Trinajstić information content (AvgIpc) is 3.25. The maximum Gasteiger partial charge on any atom is 0.472 e. The zero-order chi connectivity index (χ0) is 47.6. The Morgan fingerprint density at radius 2 is 1.09 bits per heavy atom. The third kappa shape index (κ3) is 29.6. The Hall–Kier alpha value is -2.86. The van der Waals surface area contributed by atoms with Crippen molar-refractivity contribution in [1.29, 1.82) is 0 Å². The minimum absolute atomic E-state index is 0.00345. The standard InChI is InChI=1S/C45H74O17P2/c1-3-5-6-7-8-9-10-13-18-21-24-27-30-33-39(48)60-37(35-59-64(56,57)62-45-42(51)40(49)41(50)44(43(45)52)61-63(53,54)55)34-58-38(47)32-29-26-23-20-17-15-12-11-14-16-19-22-25-28-31-36(46)4-2/h6-7,9-10,12,14-16,20,22-23,25,28,31,36-37,40-46,49-52H,3-5,8,11,13,17-19,21,24,26-27,29-30,32-35H2,1-2H3,(H,56,57)(H2,53,54,55)/b7-6-,10-9-,15-12-,16-14-,23-20-,25-22-,31-28+/t36-,37+,40?,41?,42?,43?,44+,45-/m0/s1. The van der Waals surface area contributed by atoms with Crippen LogP contribution in [-0.4, -0.2) is 114 Å². The fourth-order valence-corrected chi connectivity index (χ4v) is 7.53. The van der Waals surface area contributed by atoms with Crippen LogP contribution in [0, 0.1) is 0 Å². The lowest BCUT2D eigenvalue weighted by atomic mass is 9.85. The predicted octanol–water partition coefficient (Wildman–Crippen LogP) is 6.80. The zero-order valence-corrected chi connectivity index (χ0v) is 39.1. The van der Waals surface area contributed by atoms with E-state index in [4.69, 9.17) is 28.3 Å². The fourth-order valence-electron chi connectivity index (χ4n) is 5.99. The normalized spacial score (nSPS) is 23.1. The van der Waals surface area contributed by atoms with Gasteiger partial charge >= 0.3 is 27.6 Å². The number of rotatable bonds is 35. The van der Waals surface area contributed by atoms with Crippen molar-refractivity contribution in [2.24, 2.45) is 0 Å². The van der Waals surface area contributed by atoms with Crippen molar-refractivity contribution >= 4 is 27.6 Å². The highest BCUT2D eigenvalue weighted by molar-refractivity contribution is 7.47. The second kappa shape index (κ2) is 35.3. The van der Waals surface area contributed by atoms with Gasteiger partial charge in [-0.2, -0.15) is 0 Å². The largest absolute Gasteiger partial charge is 0.472 e. The lowest BCUT2D eigenvalue weighted by molar-refractivity contribution is -0.216. The van der Waals surface area contributed by atoms with Crippen molar-refractivity contribution in [2.45, 2.75) is 172 Å². The molecule has 0 aromatic carbocycles. The molecule has 0 bridgehead atoms. The third-order valence-electron chi connectivity index (χ3n) is 9.59. The van der Waals surface area contributed by atoms with Crippen LogP contribution in [-0.2, 0) is 41.8 Å². The van der Waals surface area contributed by atoms with E-state index in [1.165, 1.54) is 0 Å². The summed E-state index contributed by atoms with van der Waals surface area (Å²) in [5.41, 5.74) is 0. The Balaban J connectivity index is 2.67. The van der Waals surface area contributed by atoms with Crippen LogP contribution >= 0.6 is 15.6 Å². The Morgan fingerprint density at radius 1 is 0.578 bits per heavy atom. The molecule has 17 nitrogen and oxygen atoms in total. The number of aliphatic hydroxyl groups is 5. The van der Waals surface area contributed by atoms with Crippen LogP contribution in [0.5, 0.6) is 0 Å². The second-order valence-corrected chi connectivity index (χ2v) is 17.8. The molecule has 1 aliphatic rings. The maximum absolute atomic E-state index is 13.0. The highest BCUT2D eigenvalue weighted by Gasteiger charge is 2.54. The highest BCUT2D eigenvalue weighted by Crippen LogP contribution is 2.49. The number of aliphatic hydroxyl groups excluding tert-OH is 5. The molecule has 0 amide bonds. The Morgan fingerprint density at radius 3 is 1.69 bits per heavy atom. The van der Waals surface area contributed by atoms with Gasteiger partial charge in [-0.25, -0.2) is 9.13 Å². The first kappa shape index (κ1) is 59.2. The van der Waals surface area contributed by atoms with Crippen LogP contribution in [0.3, 0.4) is 0 Å². The number of carbonyl (C=O) groups is 2. The molecule has 9 atom stereocenters. The Labute approximate surface area is 378 Å². The monoisotopic (exact) mass is 948 g/mol. The third-order valence-corrected chi connectivity index (χ3v) is 11.1. The number of hydrogen-bond donors (Lipinski definition) is 8. The lowest BCUT2D eigenvalue weighted by Gasteiger charge is -2.43. The summed E-state index contributed by atoms with van der Waals surface area (Å²) in [5.74, 6) is -1.32. The summed E-state index contributed by atoms with van der Waals surface area (Å²) in [6.45, 7) is 2.62. The van der Waals surface area contributed by atoms with Crippen molar-refractivity contribution in [2.75, 3.05) is 13.2 Å². The number of allylic oxidation sites excluding steroid dienone is 13. The van der Waals surface area contributed by atoms with E-state index in [0.29, 0.717) is 32.1 Å². The molecule has 1 aliphatic carbocycles.